The Morgan fingerprint density at radius 1 is 0.947 bits per heavy atom. The molecule has 5 heteroatoms. The molecule has 0 rings (SSSR count). The van der Waals surface area contributed by atoms with Gasteiger partial charge in [-0.3, -0.25) is 0 Å². The Kier molecular flexibility index (Phi) is 21.0. The fraction of sp³-hybridized carbons (Fsp3) is 0.929. The van der Waals surface area contributed by atoms with Gasteiger partial charge in [0.2, 0.25) is 0 Å². The van der Waals surface area contributed by atoms with Crippen LogP contribution in [-0.4, -0.2) is 19.1 Å². The number of aliphatic carboxylic acids is 1. The zero-order valence-corrected chi connectivity index (χ0v) is 14.7. The van der Waals surface area contributed by atoms with Gasteiger partial charge in [-0.25, -0.2) is 0 Å². The van der Waals surface area contributed by atoms with Gasteiger partial charge in [0.15, 0.2) is 0 Å². The summed E-state index contributed by atoms with van der Waals surface area (Å²) in [6.45, 7) is 2.57. The fourth-order valence-corrected chi connectivity index (χ4v) is 1.84. The van der Waals surface area contributed by atoms with Crippen LogP contribution in [0.25, 0.3) is 0 Å². The SMILES string of the molecule is CCCCCCCCCCCCONCC(=O)[O-].[Na+]. The summed E-state index contributed by atoms with van der Waals surface area (Å²) in [6, 6.07) is 0. The fourth-order valence-electron chi connectivity index (χ4n) is 1.84. The van der Waals surface area contributed by atoms with Crippen molar-refractivity contribution < 1.29 is 44.3 Å². The summed E-state index contributed by atoms with van der Waals surface area (Å²) in [4.78, 5) is 15.0. The van der Waals surface area contributed by atoms with Crippen molar-refractivity contribution >= 4 is 5.97 Å². The van der Waals surface area contributed by atoms with Crippen LogP contribution in [0.5, 0.6) is 0 Å². The maximum atomic E-state index is 10.0. The third kappa shape index (κ3) is 20.9. The number of carbonyl (C=O) groups is 1. The second-order valence-electron chi connectivity index (χ2n) is 4.72. The van der Waals surface area contributed by atoms with Crippen molar-refractivity contribution in [3.8, 4) is 0 Å². The minimum absolute atomic E-state index is 0. The second-order valence-corrected chi connectivity index (χ2v) is 4.72. The van der Waals surface area contributed by atoms with E-state index in [1.165, 1.54) is 51.4 Å². The number of carboxylic acid groups (broad SMARTS) is 1. The van der Waals surface area contributed by atoms with Gasteiger partial charge in [0.1, 0.15) is 0 Å². The molecule has 0 heterocycles. The monoisotopic (exact) mass is 281 g/mol. The van der Waals surface area contributed by atoms with E-state index in [2.05, 4.69) is 12.4 Å². The third-order valence-corrected chi connectivity index (χ3v) is 2.92. The first-order valence-electron chi connectivity index (χ1n) is 7.32. The molecular weight excluding hydrogens is 253 g/mol. The van der Waals surface area contributed by atoms with Crippen molar-refractivity contribution in [2.45, 2.75) is 71.1 Å². The first-order valence-corrected chi connectivity index (χ1v) is 7.32. The van der Waals surface area contributed by atoms with Gasteiger partial charge >= 0.3 is 29.6 Å². The number of hydroxylamine groups is 1. The third-order valence-electron chi connectivity index (χ3n) is 2.92. The van der Waals surface area contributed by atoms with E-state index in [4.69, 9.17) is 4.84 Å². The second kappa shape index (κ2) is 18.4. The molecule has 0 aliphatic carbocycles. The molecular formula is C14H28NNaO3. The number of carboxylic acids is 1. The van der Waals surface area contributed by atoms with E-state index in [9.17, 15) is 9.90 Å². The predicted molar refractivity (Wildman–Crippen MR) is 70.8 cm³/mol. The van der Waals surface area contributed by atoms with Gasteiger partial charge in [-0.1, -0.05) is 64.7 Å². The first-order chi connectivity index (χ1) is 8.77. The van der Waals surface area contributed by atoms with E-state index in [1.54, 1.807) is 0 Å². The number of unbranched alkanes of at least 4 members (excludes halogenated alkanes) is 9. The smallest absolute Gasteiger partial charge is 0.549 e. The molecule has 0 amide bonds. The molecule has 0 radical (unpaired) electrons. The molecule has 1 N–H and O–H groups in total. The summed E-state index contributed by atoms with van der Waals surface area (Å²) < 4.78 is 0. The zero-order valence-electron chi connectivity index (χ0n) is 12.7. The van der Waals surface area contributed by atoms with Crippen LogP contribution in [0, 0.1) is 0 Å². The molecule has 0 aromatic heterocycles. The Balaban J connectivity index is 0. The van der Waals surface area contributed by atoms with Crippen LogP contribution < -0.4 is 40.1 Å². The number of nitrogens with one attached hydrogen (secondary N) is 1. The molecule has 0 fully saturated rings. The number of rotatable bonds is 14. The van der Waals surface area contributed by atoms with E-state index < -0.39 is 5.97 Å². The quantitative estimate of drug-likeness (QED) is 0.257. The van der Waals surface area contributed by atoms with Gasteiger partial charge in [-0.15, -0.1) is 0 Å². The number of carbonyl (C=O) groups excluding carboxylic acids is 1. The molecule has 0 aromatic rings. The molecule has 4 nitrogen and oxygen atoms in total. The Morgan fingerprint density at radius 3 is 1.89 bits per heavy atom. The minimum Gasteiger partial charge on any atom is -0.549 e. The molecule has 0 unspecified atom stereocenters. The van der Waals surface area contributed by atoms with Gasteiger partial charge in [-0.2, -0.15) is 5.48 Å². The number of hydrogen-bond acceptors (Lipinski definition) is 4. The van der Waals surface area contributed by atoms with Crippen LogP contribution in [-0.2, 0) is 9.63 Å². The molecule has 0 aromatic carbocycles. The van der Waals surface area contributed by atoms with Crippen molar-refractivity contribution in [3.63, 3.8) is 0 Å². The standard InChI is InChI=1S/C14H29NO3.Na/c1-2-3-4-5-6-7-8-9-10-11-12-18-15-13-14(16)17;/h15H,2-13H2,1H3,(H,16,17);/q;+1/p-1. The van der Waals surface area contributed by atoms with Gasteiger partial charge in [0, 0.05) is 0 Å². The molecule has 0 bridgehead atoms. The van der Waals surface area contributed by atoms with Crippen LogP contribution in [0.1, 0.15) is 71.1 Å². The Hall–Kier alpha value is 0.390. The van der Waals surface area contributed by atoms with Crippen LogP contribution in [0.2, 0.25) is 0 Å². The van der Waals surface area contributed by atoms with Gasteiger partial charge < -0.3 is 14.7 Å². The summed E-state index contributed by atoms with van der Waals surface area (Å²) in [6.07, 6.45) is 12.8. The van der Waals surface area contributed by atoms with E-state index in [0.29, 0.717) is 6.61 Å². The zero-order chi connectivity index (χ0) is 13.5. The van der Waals surface area contributed by atoms with Crippen molar-refractivity contribution in [1.29, 1.82) is 0 Å². The van der Waals surface area contributed by atoms with Crippen molar-refractivity contribution in [2.75, 3.05) is 13.2 Å². The van der Waals surface area contributed by atoms with Crippen molar-refractivity contribution in [2.24, 2.45) is 0 Å². The van der Waals surface area contributed by atoms with Gasteiger partial charge in [-0.05, 0) is 6.42 Å². The van der Waals surface area contributed by atoms with E-state index in [0.717, 1.165) is 12.8 Å². The molecule has 0 saturated heterocycles. The molecule has 0 aliphatic rings. The summed E-state index contributed by atoms with van der Waals surface area (Å²) in [5.74, 6) is -1.14. The van der Waals surface area contributed by atoms with Crippen LogP contribution in [0.15, 0.2) is 0 Å². The largest absolute Gasteiger partial charge is 1.00 e. The van der Waals surface area contributed by atoms with E-state index in [1.807, 2.05) is 0 Å². The maximum absolute atomic E-state index is 10.0. The Morgan fingerprint density at radius 2 is 1.42 bits per heavy atom. The summed E-state index contributed by atoms with van der Waals surface area (Å²) >= 11 is 0. The summed E-state index contributed by atoms with van der Waals surface area (Å²) in [5, 5.41) is 10.0. The topological polar surface area (TPSA) is 61.4 Å². The maximum Gasteiger partial charge on any atom is 1.00 e. The normalized spacial score (nSPS) is 10.2. The van der Waals surface area contributed by atoms with E-state index >= 15 is 0 Å². The summed E-state index contributed by atoms with van der Waals surface area (Å²) in [5.41, 5.74) is 2.35. The Bertz CT molecular complexity index is 192. The van der Waals surface area contributed by atoms with E-state index in [-0.39, 0.29) is 36.1 Å². The van der Waals surface area contributed by atoms with Crippen LogP contribution in [0.4, 0.5) is 0 Å². The number of hydrogen-bond donors (Lipinski definition) is 1. The molecule has 0 aliphatic heterocycles. The van der Waals surface area contributed by atoms with Crippen molar-refractivity contribution in [3.05, 3.63) is 0 Å². The van der Waals surface area contributed by atoms with Gasteiger partial charge in [0.25, 0.3) is 0 Å². The summed E-state index contributed by atoms with van der Waals surface area (Å²) in [7, 11) is 0. The van der Waals surface area contributed by atoms with Gasteiger partial charge in [0.05, 0.1) is 19.1 Å². The van der Waals surface area contributed by atoms with Crippen molar-refractivity contribution in [1.82, 2.24) is 5.48 Å². The van der Waals surface area contributed by atoms with Crippen LogP contribution in [0.3, 0.4) is 0 Å². The van der Waals surface area contributed by atoms with Crippen LogP contribution >= 0.6 is 0 Å². The predicted octanol–water partition coefficient (Wildman–Crippen LogP) is -0.818. The average Bonchev–Trinajstić information content (AvgIpc) is 2.34. The molecule has 0 saturated carbocycles. The first kappa shape index (κ1) is 21.7. The molecule has 0 atom stereocenters. The Labute approximate surface area is 139 Å². The molecule has 108 valence electrons. The molecule has 0 spiro atoms. The average molecular weight is 281 g/mol. The minimum atomic E-state index is -1.14. The molecule has 19 heavy (non-hydrogen) atoms.